The summed E-state index contributed by atoms with van der Waals surface area (Å²) in [5, 5.41) is 5.00. The van der Waals surface area contributed by atoms with Gasteiger partial charge in [-0.1, -0.05) is 188 Å². The van der Waals surface area contributed by atoms with Gasteiger partial charge in [0.2, 0.25) is 0 Å². The lowest BCUT2D eigenvalue weighted by Gasteiger charge is -2.28. The molecule has 0 heterocycles. The molecule has 0 spiro atoms. The second-order valence-electron chi connectivity index (χ2n) is 15.4. The van der Waals surface area contributed by atoms with Gasteiger partial charge in [0.25, 0.3) is 0 Å². The van der Waals surface area contributed by atoms with Gasteiger partial charge in [0.15, 0.2) is 0 Å². The highest BCUT2D eigenvalue weighted by atomic mass is 15.2. The van der Waals surface area contributed by atoms with E-state index in [4.69, 9.17) is 0 Å². The molecule has 0 aromatic heterocycles. The van der Waals surface area contributed by atoms with Crippen LogP contribution in [-0.2, 0) is 0 Å². The van der Waals surface area contributed by atoms with Crippen LogP contribution in [0.5, 0.6) is 0 Å². The molecule has 2 heteroatoms. The Labute approximate surface area is 364 Å². The van der Waals surface area contributed by atoms with Gasteiger partial charge in [0.05, 0.1) is 0 Å². The van der Waals surface area contributed by atoms with Gasteiger partial charge in [-0.15, -0.1) is 0 Å². The molecule has 0 saturated heterocycles. The van der Waals surface area contributed by atoms with Crippen LogP contribution in [0.2, 0.25) is 0 Å². The van der Waals surface area contributed by atoms with Crippen molar-refractivity contribution in [3.8, 4) is 11.1 Å². The average Bonchev–Trinajstić information content (AvgIpc) is 3.35. The Morgan fingerprint density at radius 2 is 0.677 bits per heavy atom. The van der Waals surface area contributed by atoms with E-state index in [0.29, 0.717) is 0 Å². The van der Waals surface area contributed by atoms with Gasteiger partial charge in [-0.25, -0.2) is 0 Å². The number of nitrogens with zero attached hydrogens (tertiary/aromatic N) is 2. The third kappa shape index (κ3) is 7.93. The molecule has 10 aromatic rings. The summed E-state index contributed by atoms with van der Waals surface area (Å²) in [6.45, 7) is 0. The Hall–Kier alpha value is -8.20. The van der Waals surface area contributed by atoms with Crippen LogP contribution in [0.1, 0.15) is 16.7 Å². The van der Waals surface area contributed by atoms with Crippen molar-refractivity contribution in [1.82, 2.24) is 0 Å². The SMILES string of the molecule is C(=Cc1ccc(N(c2ccc(-c3c4ccccc4cc4ccccc34)cc2)c2ccc(N(c3ccccc3)c3ccccc3)cc2)cc1)C=C(c1ccccc1)c1ccccc1. The second-order valence-corrected chi connectivity index (χ2v) is 15.4. The molecule has 0 amide bonds. The van der Waals surface area contributed by atoms with Crippen LogP contribution in [0.15, 0.2) is 261 Å². The third-order valence-electron chi connectivity index (χ3n) is 11.5. The maximum atomic E-state index is 2.35. The summed E-state index contributed by atoms with van der Waals surface area (Å²) < 4.78 is 0. The minimum absolute atomic E-state index is 1.07. The fraction of sp³-hybridized carbons (Fsp3) is 0. The maximum absolute atomic E-state index is 2.35. The van der Waals surface area contributed by atoms with Crippen molar-refractivity contribution in [2.75, 3.05) is 9.80 Å². The highest BCUT2D eigenvalue weighted by molar-refractivity contribution is 6.12. The quantitative estimate of drug-likeness (QED) is 0.0951. The molecule has 0 aliphatic rings. The van der Waals surface area contributed by atoms with E-state index in [0.717, 1.165) is 39.7 Å². The topological polar surface area (TPSA) is 6.48 Å². The molecule has 2 nitrogen and oxygen atoms in total. The van der Waals surface area contributed by atoms with Gasteiger partial charge in [-0.3, -0.25) is 0 Å². The van der Waals surface area contributed by atoms with Crippen molar-refractivity contribution in [3.63, 3.8) is 0 Å². The van der Waals surface area contributed by atoms with E-state index in [-0.39, 0.29) is 0 Å². The number of anilines is 6. The zero-order valence-electron chi connectivity index (χ0n) is 34.3. The molecule has 0 bridgehead atoms. The van der Waals surface area contributed by atoms with Crippen molar-refractivity contribution in [2.45, 2.75) is 0 Å². The normalized spacial score (nSPS) is 11.2. The lowest BCUT2D eigenvalue weighted by Crippen LogP contribution is -2.12. The van der Waals surface area contributed by atoms with E-state index in [1.54, 1.807) is 0 Å². The first-order valence-electron chi connectivity index (χ1n) is 21.2. The molecule has 0 atom stereocenters. The number of hydrogen-bond donors (Lipinski definition) is 0. The predicted molar refractivity (Wildman–Crippen MR) is 265 cm³/mol. The molecule has 0 radical (unpaired) electrons. The molecule has 10 aromatic carbocycles. The average molecular weight is 793 g/mol. The highest BCUT2D eigenvalue weighted by Gasteiger charge is 2.17. The van der Waals surface area contributed by atoms with Gasteiger partial charge in [0.1, 0.15) is 0 Å². The van der Waals surface area contributed by atoms with Crippen LogP contribution in [-0.4, -0.2) is 0 Å². The summed E-state index contributed by atoms with van der Waals surface area (Å²) in [5.74, 6) is 0. The Kier molecular flexibility index (Phi) is 10.8. The van der Waals surface area contributed by atoms with Gasteiger partial charge in [-0.05, 0) is 134 Å². The van der Waals surface area contributed by atoms with E-state index in [1.807, 2.05) is 0 Å². The largest absolute Gasteiger partial charge is 0.311 e. The molecule has 294 valence electrons. The van der Waals surface area contributed by atoms with Gasteiger partial charge >= 0.3 is 0 Å². The Bertz CT molecular complexity index is 2980. The zero-order valence-corrected chi connectivity index (χ0v) is 34.3. The molecule has 10 rings (SSSR count). The first-order chi connectivity index (χ1) is 30.8. The summed E-state index contributed by atoms with van der Waals surface area (Å²) in [6, 6.07) is 88.8. The molecule has 62 heavy (non-hydrogen) atoms. The molecule has 0 saturated carbocycles. The summed E-state index contributed by atoms with van der Waals surface area (Å²) in [6.07, 6.45) is 6.54. The summed E-state index contributed by atoms with van der Waals surface area (Å²) in [4.78, 5) is 4.65. The van der Waals surface area contributed by atoms with Crippen molar-refractivity contribution in [1.29, 1.82) is 0 Å². The van der Waals surface area contributed by atoms with Gasteiger partial charge in [0, 0.05) is 34.1 Å². The molecule has 0 N–H and O–H groups in total. The number of hydrogen-bond acceptors (Lipinski definition) is 2. The second kappa shape index (κ2) is 17.6. The highest BCUT2D eigenvalue weighted by Crippen LogP contribution is 2.41. The fourth-order valence-electron chi connectivity index (χ4n) is 8.49. The lowest BCUT2D eigenvalue weighted by molar-refractivity contribution is 1.25. The molecule has 0 aliphatic heterocycles. The smallest absolute Gasteiger partial charge is 0.0463 e. The monoisotopic (exact) mass is 792 g/mol. The van der Waals surface area contributed by atoms with Crippen molar-refractivity contribution in [2.24, 2.45) is 0 Å². The summed E-state index contributed by atoms with van der Waals surface area (Å²) in [7, 11) is 0. The van der Waals surface area contributed by atoms with Crippen molar-refractivity contribution >= 4 is 67.3 Å². The Morgan fingerprint density at radius 1 is 0.323 bits per heavy atom. The Balaban J connectivity index is 1.03. The Morgan fingerprint density at radius 3 is 1.13 bits per heavy atom. The lowest BCUT2D eigenvalue weighted by atomic mass is 9.92. The van der Waals surface area contributed by atoms with E-state index in [1.165, 1.54) is 49.4 Å². The number of para-hydroxylation sites is 2. The van der Waals surface area contributed by atoms with E-state index >= 15 is 0 Å². The van der Waals surface area contributed by atoms with Gasteiger partial charge in [-0.2, -0.15) is 0 Å². The van der Waals surface area contributed by atoms with Crippen LogP contribution in [0.25, 0.3) is 44.3 Å². The first-order valence-corrected chi connectivity index (χ1v) is 21.2. The molecule has 0 aliphatic carbocycles. The van der Waals surface area contributed by atoms with Crippen LogP contribution in [0, 0.1) is 0 Å². The number of rotatable bonds is 11. The molecule has 0 fully saturated rings. The minimum Gasteiger partial charge on any atom is -0.311 e. The van der Waals surface area contributed by atoms with Crippen molar-refractivity contribution in [3.05, 3.63) is 278 Å². The zero-order chi connectivity index (χ0) is 41.5. The van der Waals surface area contributed by atoms with E-state index < -0.39 is 0 Å². The van der Waals surface area contributed by atoms with Crippen LogP contribution in [0.3, 0.4) is 0 Å². The van der Waals surface area contributed by atoms with Crippen molar-refractivity contribution < 1.29 is 0 Å². The third-order valence-corrected chi connectivity index (χ3v) is 11.5. The van der Waals surface area contributed by atoms with E-state index in [9.17, 15) is 0 Å². The first kappa shape index (κ1) is 38.0. The summed E-state index contributed by atoms with van der Waals surface area (Å²) >= 11 is 0. The van der Waals surface area contributed by atoms with Crippen LogP contribution < -0.4 is 9.80 Å². The predicted octanol–water partition coefficient (Wildman–Crippen LogP) is 16.7. The standard InChI is InChI=1S/C60H44N2/c1-5-19-46(20-6-1)57(47-21-7-2-8-22-47)31-17-18-45-32-36-53(37-33-45)62(56-42-40-55(41-43-56)61(51-25-9-3-10-26-51)52-27-11-4-12-28-52)54-38-34-48(35-39-54)60-58-29-15-13-23-49(58)44-50-24-14-16-30-59(50)60/h1-44H. The number of allylic oxidation sites excluding steroid dienone is 2. The van der Waals surface area contributed by atoms with Crippen LogP contribution >= 0.6 is 0 Å². The molecular weight excluding hydrogens is 749 g/mol. The fourth-order valence-corrected chi connectivity index (χ4v) is 8.49. The van der Waals surface area contributed by atoms with E-state index in [2.05, 4.69) is 277 Å². The van der Waals surface area contributed by atoms with Gasteiger partial charge < -0.3 is 9.80 Å². The molecular formula is C60H44N2. The number of fused-ring (bicyclic) bond motifs is 2. The molecule has 0 unspecified atom stereocenters. The van der Waals surface area contributed by atoms with Crippen LogP contribution in [0.4, 0.5) is 34.1 Å². The minimum atomic E-state index is 1.07. The maximum Gasteiger partial charge on any atom is 0.0463 e. The number of benzene rings is 10. The summed E-state index contributed by atoms with van der Waals surface area (Å²) in [5.41, 5.74) is 13.7.